The quantitative estimate of drug-likeness (QED) is 0.860. The summed E-state index contributed by atoms with van der Waals surface area (Å²) in [6, 6.07) is 10.3. The molecule has 1 aliphatic heterocycles. The van der Waals surface area contributed by atoms with E-state index in [2.05, 4.69) is 29.4 Å². The molecule has 2 fully saturated rings. The summed E-state index contributed by atoms with van der Waals surface area (Å²) in [5, 5.41) is 2.83. The Kier molecular flexibility index (Phi) is 5.51. The van der Waals surface area contributed by atoms with E-state index in [1.807, 2.05) is 23.1 Å². The van der Waals surface area contributed by atoms with Crippen LogP contribution in [0.25, 0.3) is 0 Å². The number of nitrogens with zero attached hydrogens (tertiary/aromatic N) is 2. The average molecular weight is 329 g/mol. The van der Waals surface area contributed by atoms with Crippen molar-refractivity contribution < 1.29 is 9.59 Å². The Balaban J connectivity index is 1.47. The van der Waals surface area contributed by atoms with Crippen LogP contribution >= 0.6 is 0 Å². The molecule has 1 saturated carbocycles. The number of likely N-dealkylation sites (N-methyl/N-ethyl adjacent to an activating group) is 1. The van der Waals surface area contributed by atoms with Crippen LogP contribution < -0.4 is 5.32 Å². The van der Waals surface area contributed by atoms with Crippen LogP contribution in [-0.4, -0.2) is 61.4 Å². The molecule has 0 bridgehead atoms. The zero-order valence-electron chi connectivity index (χ0n) is 14.4. The first-order valence-corrected chi connectivity index (χ1v) is 8.91. The van der Waals surface area contributed by atoms with Crippen LogP contribution in [0.5, 0.6) is 0 Å². The summed E-state index contributed by atoms with van der Waals surface area (Å²) in [5.74, 6) is 0.911. The summed E-state index contributed by atoms with van der Waals surface area (Å²) in [4.78, 5) is 28.6. The number of carbonyl (C=O) groups excluding carboxylic acids is 2. The van der Waals surface area contributed by atoms with Crippen LogP contribution in [0.1, 0.15) is 30.7 Å². The standard InChI is InChI=1S/C19H27N3O2/c1-21-9-11-22(12-10-21)19(24)14-20-18(23)13-17(16-7-8-16)15-5-3-2-4-6-15/h2-6,16-17H,7-14H2,1H3,(H,20,23). The molecule has 5 nitrogen and oxygen atoms in total. The number of rotatable bonds is 6. The minimum Gasteiger partial charge on any atom is -0.347 e. The maximum Gasteiger partial charge on any atom is 0.242 e. The molecule has 1 unspecified atom stereocenters. The highest BCUT2D eigenvalue weighted by Crippen LogP contribution is 2.44. The van der Waals surface area contributed by atoms with Crippen molar-refractivity contribution >= 4 is 11.8 Å². The molecule has 3 rings (SSSR count). The number of carbonyl (C=O) groups is 2. The molecule has 0 spiro atoms. The molecular weight excluding hydrogens is 302 g/mol. The second-order valence-electron chi connectivity index (χ2n) is 7.02. The number of nitrogens with one attached hydrogen (secondary N) is 1. The number of amides is 2. The van der Waals surface area contributed by atoms with Crippen molar-refractivity contribution in [1.82, 2.24) is 15.1 Å². The fraction of sp³-hybridized carbons (Fsp3) is 0.579. The molecule has 5 heteroatoms. The predicted molar refractivity (Wildman–Crippen MR) is 93.6 cm³/mol. The first-order chi connectivity index (χ1) is 11.6. The van der Waals surface area contributed by atoms with E-state index in [1.54, 1.807) is 0 Å². The predicted octanol–water partition coefficient (Wildman–Crippen LogP) is 1.46. The van der Waals surface area contributed by atoms with E-state index >= 15 is 0 Å². The maximum absolute atomic E-state index is 12.3. The Morgan fingerprint density at radius 1 is 1.12 bits per heavy atom. The lowest BCUT2D eigenvalue weighted by atomic mass is 9.91. The third-order valence-electron chi connectivity index (χ3n) is 5.12. The first kappa shape index (κ1) is 17.0. The second-order valence-corrected chi connectivity index (χ2v) is 7.02. The van der Waals surface area contributed by atoms with Gasteiger partial charge in [-0.2, -0.15) is 0 Å². The summed E-state index contributed by atoms with van der Waals surface area (Å²) in [5.41, 5.74) is 1.24. The summed E-state index contributed by atoms with van der Waals surface area (Å²) >= 11 is 0. The molecule has 1 aromatic rings. The topological polar surface area (TPSA) is 52.6 Å². The van der Waals surface area contributed by atoms with E-state index in [9.17, 15) is 9.59 Å². The van der Waals surface area contributed by atoms with E-state index in [-0.39, 0.29) is 24.3 Å². The van der Waals surface area contributed by atoms with Gasteiger partial charge >= 0.3 is 0 Å². The normalized spacial score (nSPS) is 19.8. The van der Waals surface area contributed by atoms with E-state index in [4.69, 9.17) is 0 Å². The van der Waals surface area contributed by atoms with Crippen molar-refractivity contribution in [2.45, 2.75) is 25.2 Å². The molecule has 0 aromatic heterocycles. The first-order valence-electron chi connectivity index (χ1n) is 8.91. The SMILES string of the molecule is CN1CCN(C(=O)CNC(=O)CC(c2ccccc2)C2CC2)CC1. The Morgan fingerprint density at radius 3 is 2.42 bits per heavy atom. The summed E-state index contributed by atoms with van der Waals surface area (Å²) in [6.07, 6.45) is 2.88. The average Bonchev–Trinajstić information content (AvgIpc) is 3.44. The van der Waals surface area contributed by atoms with E-state index in [1.165, 1.54) is 18.4 Å². The van der Waals surface area contributed by atoms with Gasteiger partial charge in [-0.1, -0.05) is 30.3 Å². The van der Waals surface area contributed by atoms with Crippen molar-refractivity contribution in [2.75, 3.05) is 39.8 Å². The van der Waals surface area contributed by atoms with E-state index in [0.717, 1.165) is 26.2 Å². The molecule has 130 valence electrons. The van der Waals surface area contributed by atoms with Crippen LogP contribution in [0.3, 0.4) is 0 Å². The van der Waals surface area contributed by atoms with Crippen LogP contribution in [-0.2, 0) is 9.59 Å². The lowest BCUT2D eigenvalue weighted by Gasteiger charge is -2.32. The molecule has 2 amide bonds. The van der Waals surface area contributed by atoms with Gasteiger partial charge in [0.15, 0.2) is 0 Å². The molecule has 0 radical (unpaired) electrons. The molecule has 1 N–H and O–H groups in total. The van der Waals surface area contributed by atoms with Gasteiger partial charge in [0.05, 0.1) is 6.54 Å². The van der Waals surface area contributed by atoms with E-state index in [0.29, 0.717) is 12.3 Å². The lowest BCUT2D eigenvalue weighted by Crippen LogP contribution is -2.50. The summed E-state index contributed by atoms with van der Waals surface area (Å²) < 4.78 is 0. The van der Waals surface area contributed by atoms with Gasteiger partial charge in [0.2, 0.25) is 11.8 Å². The zero-order valence-corrected chi connectivity index (χ0v) is 14.4. The van der Waals surface area contributed by atoms with E-state index < -0.39 is 0 Å². The smallest absolute Gasteiger partial charge is 0.242 e. The van der Waals surface area contributed by atoms with Gasteiger partial charge in [-0.15, -0.1) is 0 Å². The van der Waals surface area contributed by atoms with Crippen LogP contribution in [0.4, 0.5) is 0 Å². The maximum atomic E-state index is 12.3. The Bertz CT molecular complexity index is 563. The van der Waals surface area contributed by atoms with Gasteiger partial charge in [0.1, 0.15) is 0 Å². The largest absolute Gasteiger partial charge is 0.347 e. The van der Waals surface area contributed by atoms with Crippen molar-refractivity contribution in [2.24, 2.45) is 5.92 Å². The molecule has 1 aliphatic carbocycles. The van der Waals surface area contributed by atoms with Crippen LogP contribution in [0.15, 0.2) is 30.3 Å². The number of hydrogen-bond donors (Lipinski definition) is 1. The summed E-state index contributed by atoms with van der Waals surface area (Å²) in [6.45, 7) is 3.42. The number of hydrogen-bond acceptors (Lipinski definition) is 3. The molecule has 1 heterocycles. The number of piperazine rings is 1. The monoisotopic (exact) mass is 329 g/mol. The zero-order chi connectivity index (χ0) is 16.9. The van der Waals surface area contributed by atoms with Crippen molar-refractivity contribution in [3.63, 3.8) is 0 Å². The molecule has 1 aromatic carbocycles. The molecular formula is C19H27N3O2. The van der Waals surface area contributed by atoms with Crippen molar-refractivity contribution in [3.05, 3.63) is 35.9 Å². The third kappa shape index (κ3) is 4.57. The van der Waals surface area contributed by atoms with Crippen LogP contribution in [0.2, 0.25) is 0 Å². The minimum absolute atomic E-state index is 0.0155. The highest BCUT2D eigenvalue weighted by Gasteiger charge is 2.33. The van der Waals surface area contributed by atoms with Gasteiger partial charge in [0.25, 0.3) is 0 Å². The highest BCUT2D eigenvalue weighted by atomic mass is 16.2. The Labute approximate surface area is 144 Å². The fourth-order valence-corrected chi connectivity index (χ4v) is 3.37. The van der Waals surface area contributed by atoms with Crippen molar-refractivity contribution in [1.29, 1.82) is 0 Å². The summed E-state index contributed by atoms with van der Waals surface area (Å²) in [7, 11) is 2.06. The highest BCUT2D eigenvalue weighted by molar-refractivity contribution is 5.85. The number of benzene rings is 1. The Hall–Kier alpha value is -1.88. The van der Waals surface area contributed by atoms with Gasteiger partial charge in [-0.25, -0.2) is 0 Å². The van der Waals surface area contributed by atoms with Crippen LogP contribution in [0, 0.1) is 5.92 Å². The molecule has 1 atom stereocenters. The minimum atomic E-state index is -0.0155. The lowest BCUT2D eigenvalue weighted by molar-refractivity contribution is -0.134. The Morgan fingerprint density at radius 2 is 1.79 bits per heavy atom. The molecule has 24 heavy (non-hydrogen) atoms. The van der Waals surface area contributed by atoms with Gasteiger partial charge in [0, 0.05) is 32.6 Å². The fourth-order valence-electron chi connectivity index (χ4n) is 3.37. The second kappa shape index (κ2) is 7.79. The third-order valence-corrected chi connectivity index (χ3v) is 5.12. The molecule has 1 saturated heterocycles. The van der Waals surface area contributed by atoms with Crippen molar-refractivity contribution in [3.8, 4) is 0 Å². The van der Waals surface area contributed by atoms with Gasteiger partial charge in [-0.05, 0) is 37.3 Å². The van der Waals surface area contributed by atoms with Gasteiger partial charge < -0.3 is 15.1 Å². The molecule has 2 aliphatic rings. The van der Waals surface area contributed by atoms with Gasteiger partial charge in [-0.3, -0.25) is 9.59 Å².